The van der Waals surface area contributed by atoms with Crippen LogP contribution in [-0.4, -0.2) is 27.6 Å². The average molecular weight is 392 g/mol. The van der Waals surface area contributed by atoms with E-state index in [4.69, 9.17) is 0 Å². The first-order valence-corrected chi connectivity index (χ1v) is 10.5. The smallest absolute Gasteiger partial charge is 0.335 e. The molecular weight excluding hydrogens is 364 g/mol. The van der Waals surface area contributed by atoms with E-state index in [0.717, 1.165) is 24.8 Å². The first-order chi connectivity index (χ1) is 13.9. The Balaban J connectivity index is 1.88. The van der Waals surface area contributed by atoms with Crippen molar-refractivity contribution in [1.29, 1.82) is 0 Å². The number of carboxylic acids is 1. The van der Waals surface area contributed by atoms with E-state index in [2.05, 4.69) is 12.1 Å². The first-order valence-electron chi connectivity index (χ1n) is 10.5. The van der Waals surface area contributed by atoms with E-state index >= 15 is 0 Å². The summed E-state index contributed by atoms with van der Waals surface area (Å²) in [4.78, 5) is 24.5. The number of Topliss-reactive ketones (excluding diaryl/α,β-unsaturated/α-hetero) is 1. The second kappa shape index (κ2) is 7.42. The van der Waals surface area contributed by atoms with Crippen molar-refractivity contribution in [3.63, 3.8) is 0 Å². The monoisotopic (exact) mass is 392 g/mol. The van der Waals surface area contributed by atoms with E-state index in [1.165, 1.54) is 5.56 Å². The summed E-state index contributed by atoms with van der Waals surface area (Å²) in [7, 11) is 0. The Hall–Kier alpha value is -2.46. The van der Waals surface area contributed by atoms with E-state index in [0.29, 0.717) is 31.2 Å². The van der Waals surface area contributed by atoms with Gasteiger partial charge >= 0.3 is 5.97 Å². The molecule has 1 fully saturated rings. The molecule has 0 unspecified atom stereocenters. The molecule has 0 spiro atoms. The van der Waals surface area contributed by atoms with Gasteiger partial charge in [0.25, 0.3) is 0 Å². The second-order valence-corrected chi connectivity index (χ2v) is 8.82. The fraction of sp³-hybridized carbons (Fsp3) is 0.440. The van der Waals surface area contributed by atoms with E-state index in [1.54, 1.807) is 12.1 Å². The zero-order valence-corrected chi connectivity index (χ0v) is 16.9. The number of hydrogen-bond donors (Lipinski definition) is 2. The van der Waals surface area contributed by atoms with Crippen molar-refractivity contribution in [3.8, 4) is 0 Å². The molecule has 0 aromatic heterocycles. The van der Waals surface area contributed by atoms with Crippen LogP contribution in [0.1, 0.15) is 77.3 Å². The van der Waals surface area contributed by atoms with Crippen LogP contribution in [0.25, 0.3) is 0 Å². The summed E-state index contributed by atoms with van der Waals surface area (Å²) in [6.07, 6.45) is 4.81. The quantitative estimate of drug-likeness (QED) is 0.785. The largest absolute Gasteiger partial charge is 0.478 e. The fourth-order valence-electron chi connectivity index (χ4n) is 5.54. The zero-order valence-electron chi connectivity index (χ0n) is 16.9. The molecular formula is C25H28O4. The Labute approximate surface area is 171 Å². The number of carboxylic acid groups (broad SMARTS) is 1. The number of hydrogen-bond acceptors (Lipinski definition) is 3. The minimum atomic E-state index is -1.01. The Kier molecular flexibility index (Phi) is 5.07. The van der Waals surface area contributed by atoms with Gasteiger partial charge in [-0.05, 0) is 67.7 Å². The molecule has 2 aliphatic carbocycles. The van der Waals surface area contributed by atoms with Crippen molar-refractivity contribution in [2.24, 2.45) is 5.92 Å². The maximum absolute atomic E-state index is 13.0. The first kappa shape index (κ1) is 19.8. The summed E-state index contributed by atoms with van der Waals surface area (Å²) < 4.78 is 0. The molecule has 152 valence electrons. The van der Waals surface area contributed by atoms with Crippen molar-refractivity contribution < 1.29 is 19.8 Å². The average Bonchev–Trinajstić information content (AvgIpc) is 2.84. The van der Waals surface area contributed by atoms with Crippen molar-refractivity contribution in [2.45, 2.75) is 62.9 Å². The standard InChI is InChI=1S/C25H28O4/c1-2-24(29)12-13-25(15-17-6-4-3-5-7-17)19(16-24)9-11-22(26)20-14-18(23(27)28)8-10-21(20)25/h3-8,10,14,19,29H,2,9,11-13,15-16H2,1H3,(H,27,28)/t19-,24+,25-/m1/s1. The van der Waals surface area contributed by atoms with Crippen molar-refractivity contribution >= 4 is 11.8 Å². The molecule has 2 aliphatic rings. The normalized spacial score (nSPS) is 28.9. The highest BCUT2D eigenvalue weighted by Crippen LogP contribution is 2.54. The van der Waals surface area contributed by atoms with Crippen LogP contribution < -0.4 is 0 Å². The van der Waals surface area contributed by atoms with Gasteiger partial charge < -0.3 is 10.2 Å². The number of aromatic carboxylic acids is 1. The third-order valence-electron chi connectivity index (χ3n) is 7.29. The van der Waals surface area contributed by atoms with Crippen LogP contribution in [0.2, 0.25) is 0 Å². The molecule has 2 N–H and O–H groups in total. The molecule has 0 amide bonds. The van der Waals surface area contributed by atoms with E-state index in [9.17, 15) is 19.8 Å². The molecule has 0 radical (unpaired) electrons. The van der Waals surface area contributed by atoms with Crippen LogP contribution in [0.5, 0.6) is 0 Å². The summed E-state index contributed by atoms with van der Waals surface area (Å²) in [5, 5.41) is 20.5. The van der Waals surface area contributed by atoms with Crippen LogP contribution in [0, 0.1) is 5.92 Å². The van der Waals surface area contributed by atoms with Crippen molar-refractivity contribution in [3.05, 3.63) is 70.8 Å². The van der Waals surface area contributed by atoms with Gasteiger partial charge in [0, 0.05) is 17.4 Å². The molecule has 0 bridgehead atoms. The molecule has 3 atom stereocenters. The highest BCUT2D eigenvalue weighted by molar-refractivity contribution is 6.01. The number of carbonyl (C=O) groups excluding carboxylic acids is 1. The van der Waals surface area contributed by atoms with Crippen LogP contribution in [-0.2, 0) is 11.8 Å². The third kappa shape index (κ3) is 3.51. The van der Waals surface area contributed by atoms with Gasteiger partial charge in [-0.3, -0.25) is 4.79 Å². The zero-order chi connectivity index (χ0) is 20.6. The highest BCUT2D eigenvalue weighted by atomic mass is 16.4. The number of rotatable bonds is 4. The van der Waals surface area contributed by atoms with Crippen LogP contribution >= 0.6 is 0 Å². The molecule has 0 aliphatic heterocycles. The fourth-order valence-corrected chi connectivity index (χ4v) is 5.54. The minimum absolute atomic E-state index is 0.0185. The number of ketones is 1. The van der Waals surface area contributed by atoms with Gasteiger partial charge in [0.15, 0.2) is 5.78 Å². The predicted molar refractivity (Wildman–Crippen MR) is 111 cm³/mol. The lowest BCUT2D eigenvalue weighted by molar-refractivity contribution is -0.0496. The van der Waals surface area contributed by atoms with Gasteiger partial charge in [0.2, 0.25) is 0 Å². The molecule has 0 heterocycles. The topological polar surface area (TPSA) is 74.6 Å². The molecule has 4 nitrogen and oxygen atoms in total. The maximum Gasteiger partial charge on any atom is 0.335 e. The van der Waals surface area contributed by atoms with Crippen LogP contribution in [0.15, 0.2) is 48.5 Å². The van der Waals surface area contributed by atoms with Gasteiger partial charge in [-0.2, -0.15) is 0 Å². The Bertz CT molecular complexity index is 935. The number of fused-ring (bicyclic) bond motifs is 3. The molecule has 0 saturated heterocycles. The van der Waals surface area contributed by atoms with E-state index < -0.39 is 11.6 Å². The van der Waals surface area contributed by atoms with Gasteiger partial charge in [0.1, 0.15) is 0 Å². The predicted octanol–water partition coefficient (Wildman–Crippen LogP) is 4.78. The molecule has 4 heteroatoms. The lowest BCUT2D eigenvalue weighted by atomic mass is 9.55. The van der Waals surface area contributed by atoms with E-state index in [1.807, 2.05) is 31.2 Å². The maximum atomic E-state index is 13.0. The highest BCUT2D eigenvalue weighted by Gasteiger charge is 2.51. The summed E-state index contributed by atoms with van der Waals surface area (Å²) in [6, 6.07) is 15.4. The number of benzene rings is 2. The molecule has 1 saturated carbocycles. The summed E-state index contributed by atoms with van der Waals surface area (Å²) in [6.45, 7) is 2.03. The number of carbonyl (C=O) groups is 2. The summed E-state index contributed by atoms with van der Waals surface area (Å²) >= 11 is 0. The Morgan fingerprint density at radius 2 is 1.90 bits per heavy atom. The molecule has 4 rings (SSSR count). The molecule has 2 aromatic carbocycles. The minimum Gasteiger partial charge on any atom is -0.478 e. The summed E-state index contributed by atoms with van der Waals surface area (Å²) in [5.41, 5.74) is 1.95. The number of aliphatic hydroxyl groups is 1. The Morgan fingerprint density at radius 3 is 2.59 bits per heavy atom. The SMILES string of the molecule is CC[C@]1(O)CC[C@]2(Cc3ccccc3)c3ccc(C(=O)O)cc3C(=O)CC[C@@H]2C1. The third-order valence-corrected chi connectivity index (χ3v) is 7.29. The van der Waals surface area contributed by atoms with Crippen molar-refractivity contribution in [2.75, 3.05) is 0 Å². The summed E-state index contributed by atoms with van der Waals surface area (Å²) in [5.74, 6) is -0.810. The lowest BCUT2D eigenvalue weighted by Crippen LogP contribution is -2.48. The molecule has 29 heavy (non-hydrogen) atoms. The van der Waals surface area contributed by atoms with Gasteiger partial charge in [-0.25, -0.2) is 4.79 Å². The van der Waals surface area contributed by atoms with Crippen molar-refractivity contribution in [1.82, 2.24) is 0 Å². The Morgan fingerprint density at radius 1 is 1.14 bits per heavy atom. The van der Waals surface area contributed by atoms with Gasteiger partial charge in [0.05, 0.1) is 11.2 Å². The van der Waals surface area contributed by atoms with Crippen LogP contribution in [0.4, 0.5) is 0 Å². The van der Waals surface area contributed by atoms with Crippen LogP contribution in [0.3, 0.4) is 0 Å². The van der Waals surface area contributed by atoms with Gasteiger partial charge in [-0.1, -0.05) is 43.3 Å². The van der Waals surface area contributed by atoms with Gasteiger partial charge in [-0.15, -0.1) is 0 Å². The second-order valence-electron chi connectivity index (χ2n) is 8.82. The lowest BCUT2D eigenvalue weighted by Gasteiger charge is -2.50. The van der Waals surface area contributed by atoms with E-state index in [-0.39, 0.29) is 22.7 Å². The molecule has 2 aromatic rings.